The molecule has 3 nitrogen and oxygen atoms in total. The summed E-state index contributed by atoms with van der Waals surface area (Å²) in [5, 5.41) is 10.1. The lowest BCUT2D eigenvalue weighted by molar-refractivity contribution is 0.0698. The van der Waals surface area contributed by atoms with E-state index < -0.39 is 5.97 Å². The fourth-order valence-corrected chi connectivity index (χ4v) is 2.61. The minimum Gasteiger partial charge on any atom is -0.478 e. The number of thiazole rings is 1. The number of carbonyl (C=O) groups is 1. The minimum atomic E-state index is -0.902. The van der Waals surface area contributed by atoms with Crippen molar-refractivity contribution in [3.63, 3.8) is 0 Å². The van der Waals surface area contributed by atoms with Crippen molar-refractivity contribution in [3.8, 4) is 10.4 Å². The second-order valence-electron chi connectivity index (χ2n) is 3.50. The number of aromatic nitrogens is 1. The number of carboxylic acid groups (broad SMARTS) is 1. The number of aromatic carboxylic acids is 1. The standard InChI is InChI=1S/C12H11NO2S/c1-7-11(16-8(2)13-7)9-5-3-4-6-10(9)12(14)15/h3-6H,1-2H3,(H,14,15). The number of carboxylic acids is 1. The number of nitrogens with zero attached hydrogens (tertiary/aromatic N) is 1. The summed E-state index contributed by atoms with van der Waals surface area (Å²) in [5.41, 5.74) is 1.96. The first-order valence-corrected chi connectivity index (χ1v) is 5.68. The zero-order valence-electron chi connectivity index (χ0n) is 9.02. The second-order valence-corrected chi connectivity index (χ2v) is 4.70. The van der Waals surface area contributed by atoms with Crippen molar-refractivity contribution in [2.24, 2.45) is 0 Å². The number of hydrogen-bond donors (Lipinski definition) is 1. The van der Waals surface area contributed by atoms with E-state index in [1.807, 2.05) is 26.0 Å². The van der Waals surface area contributed by atoms with Gasteiger partial charge in [-0.2, -0.15) is 0 Å². The first kappa shape index (κ1) is 10.8. The molecule has 0 atom stereocenters. The molecule has 0 fully saturated rings. The summed E-state index contributed by atoms with van der Waals surface area (Å²) < 4.78 is 0. The molecule has 0 aliphatic carbocycles. The van der Waals surface area contributed by atoms with Gasteiger partial charge in [0.15, 0.2) is 0 Å². The van der Waals surface area contributed by atoms with Gasteiger partial charge in [0, 0.05) is 5.56 Å². The monoisotopic (exact) mass is 233 g/mol. The van der Waals surface area contributed by atoms with Crippen molar-refractivity contribution < 1.29 is 9.90 Å². The van der Waals surface area contributed by atoms with Gasteiger partial charge >= 0.3 is 5.97 Å². The highest BCUT2D eigenvalue weighted by atomic mass is 32.1. The molecule has 1 aromatic heterocycles. The predicted octanol–water partition coefficient (Wildman–Crippen LogP) is 3.13. The normalized spacial score (nSPS) is 10.4. The third kappa shape index (κ3) is 1.84. The van der Waals surface area contributed by atoms with Gasteiger partial charge < -0.3 is 5.11 Å². The van der Waals surface area contributed by atoms with Crippen molar-refractivity contribution in [1.82, 2.24) is 4.98 Å². The molecule has 1 heterocycles. The average molecular weight is 233 g/mol. The lowest BCUT2D eigenvalue weighted by Gasteiger charge is -2.03. The maximum absolute atomic E-state index is 11.1. The molecule has 1 aromatic carbocycles. The Hall–Kier alpha value is -1.68. The highest BCUT2D eigenvalue weighted by molar-refractivity contribution is 7.15. The van der Waals surface area contributed by atoms with Gasteiger partial charge in [-0.3, -0.25) is 0 Å². The Morgan fingerprint density at radius 3 is 2.56 bits per heavy atom. The van der Waals surface area contributed by atoms with Gasteiger partial charge in [0.2, 0.25) is 0 Å². The summed E-state index contributed by atoms with van der Waals surface area (Å²) in [5.74, 6) is -0.902. The molecule has 0 aliphatic rings. The summed E-state index contributed by atoms with van der Waals surface area (Å²) in [4.78, 5) is 16.4. The third-order valence-corrected chi connectivity index (χ3v) is 3.41. The average Bonchev–Trinajstić information content (AvgIpc) is 2.57. The summed E-state index contributed by atoms with van der Waals surface area (Å²) in [6.45, 7) is 3.82. The molecule has 82 valence electrons. The number of hydrogen-bond acceptors (Lipinski definition) is 3. The zero-order chi connectivity index (χ0) is 11.7. The molecule has 16 heavy (non-hydrogen) atoms. The summed E-state index contributed by atoms with van der Waals surface area (Å²) in [7, 11) is 0. The summed E-state index contributed by atoms with van der Waals surface area (Å²) >= 11 is 1.52. The van der Waals surface area contributed by atoms with Crippen LogP contribution < -0.4 is 0 Å². The van der Waals surface area contributed by atoms with Crippen LogP contribution in [0.1, 0.15) is 21.1 Å². The highest BCUT2D eigenvalue weighted by Crippen LogP contribution is 2.32. The maximum atomic E-state index is 11.1. The number of rotatable bonds is 2. The van der Waals surface area contributed by atoms with Crippen LogP contribution in [0.25, 0.3) is 10.4 Å². The molecular formula is C12H11NO2S. The molecule has 0 aliphatic heterocycles. The van der Waals surface area contributed by atoms with Crippen molar-refractivity contribution >= 4 is 17.3 Å². The van der Waals surface area contributed by atoms with Crippen LogP contribution in [0.2, 0.25) is 0 Å². The molecule has 0 amide bonds. The molecule has 0 saturated heterocycles. The Kier molecular flexibility index (Phi) is 2.75. The second kappa shape index (κ2) is 4.06. The quantitative estimate of drug-likeness (QED) is 0.867. The smallest absolute Gasteiger partial charge is 0.336 e. The van der Waals surface area contributed by atoms with Crippen molar-refractivity contribution in [2.75, 3.05) is 0 Å². The van der Waals surface area contributed by atoms with Crippen LogP contribution >= 0.6 is 11.3 Å². The van der Waals surface area contributed by atoms with Crippen molar-refractivity contribution in [3.05, 3.63) is 40.5 Å². The Morgan fingerprint density at radius 2 is 2.00 bits per heavy atom. The van der Waals surface area contributed by atoms with Gasteiger partial charge in [0.1, 0.15) is 0 Å². The van der Waals surface area contributed by atoms with Gasteiger partial charge in [-0.25, -0.2) is 9.78 Å². The molecule has 1 N–H and O–H groups in total. The van der Waals surface area contributed by atoms with E-state index in [1.165, 1.54) is 11.3 Å². The topological polar surface area (TPSA) is 50.2 Å². The Bertz CT molecular complexity index is 546. The Morgan fingerprint density at radius 1 is 1.31 bits per heavy atom. The maximum Gasteiger partial charge on any atom is 0.336 e. The highest BCUT2D eigenvalue weighted by Gasteiger charge is 2.15. The predicted molar refractivity (Wildman–Crippen MR) is 64.0 cm³/mol. The first-order valence-electron chi connectivity index (χ1n) is 4.86. The van der Waals surface area contributed by atoms with E-state index in [-0.39, 0.29) is 0 Å². The van der Waals surface area contributed by atoms with Gasteiger partial charge in [-0.1, -0.05) is 18.2 Å². The van der Waals surface area contributed by atoms with Crippen LogP contribution in [0.4, 0.5) is 0 Å². The Balaban J connectivity index is 2.64. The van der Waals surface area contributed by atoms with Gasteiger partial charge in [-0.05, 0) is 19.9 Å². The molecule has 2 aromatic rings. The van der Waals surface area contributed by atoms with Crippen LogP contribution in [0.5, 0.6) is 0 Å². The molecule has 2 rings (SSSR count). The van der Waals surface area contributed by atoms with Gasteiger partial charge in [0.25, 0.3) is 0 Å². The van der Waals surface area contributed by atoms with Crippen LogP contribution in [0.3, 0.4) is 0 Å². The number of benzene rings is 1. The fourth-order valence-electron chi connectivity index (χ4n) is 1.65. The summed E-state index contributed by atoms with van der Waals surface area (Å²) in [6.07, 6.45) is 0. The van der Waals surface area contributed by atoms with Crippen LogP contribution in [0.15, 0.2) is 24.3 Å². The number of aryl methyl sites for hydroxylation is 2. The first-order chi connectivity index (χ1) is 7.59. The van der Waals surface area contributed by atoms with E-state index in [0.29, 0.717) is 5.56 Å². The zero-order valence-corrected chi connectivity index (χ0v) is 9.84. The van der Waals surface area contributed by atoms with E-state index in [0.717, 1.165) is 21.1 Å². The fraction of sp³-hybridized carbons (Fsp3) is 0.167. The SMILES string of the molecule is Cc1nc(C)c(-c2ccccc2C(=O)O)s1. The van der Waals surface area contributed by atoms with Crippen LogP contribution in [-0.2, 0) is 0 Å². The lowest BCUT2D eigenvalue weighted by Crippen LogP contribution is -1.98. The van der Waals surface area contributed by atoms with Gasteiger partial charge in [-0.15, -0.1) is 11.3 Å². The molecule has 0 saturated carbocycles. The molecule has 0 bridgehead atoms. The van der Waals surface area contributed by atoms with Crippen LogP contribution in [-0.4, -0.2) is 16.1 Å². The molecular weight excluding hydrogens is 222 g/mol. The third-order valence-electron chi connectivity index (χ3n) is 2.31. The van der Waals surface area contributed by atoms with E-state index in [9.17, 15) is 4.79 Å². The van der Waals surface area contributed by atoms with E-state index >= 15 is 0 Å². The van der Waals surface area contributed by atoms with Crippen molar-refractivity contribution in [2.45, 2.75) is 13.8 Å². The lowest BCUT2D eigenvalue weighted by atomic mass is 10.1. The molecule has 0 unspecified atom stereocenters. The van der Waals surface area contributed by atoms with Gasteiger partial charge in [0.05, 0.1) is 21.1 Å². The van der Waals surface area contributed by atoms with Crippen molar-refractivity contribution in [1.29, 1.82) is 0 Å². The Labute approximate surface area is 97.4 Å². The van der Waals surface area contributed by atoms with E-state index in [2.05, 4.69) is 4.98 Å². The minimum absolute atomic E-state index is 0.328. The largest absolute Gasteiger partial charge is 0.478 e. The molecule has 0 radical (unpaired) electrons. The summed E-state index contributed by atoms with van der Waals surface area (Å²) in [6, 6.07) is 7.02. The molecule has 0 spiro atoms. The van der Waals surface area contributed by atoms with Crippen LogP contribution in [0, 0.1) is 13.8 Å². The molecule has 4 heteroatoms. The van der Waals surface area contributed by atoms with E-state index in [1.54, 1.807) is 12.1 Å². The van der Waals surface area contributed by atoms with E-state index in [4.69, 9.17) is 5.11 Å².